The predicted octanol–water partition coefficient (Wildman–Crippen LogP) is 5.36. The van der Waals surface area contributed by atoms with Crippen LogP contribution in [-0.4, -0.2) is 18.0 Å². The van der Waals surface area contributed by atoms with Crippen LogP contribution in [0.25, 0.3) is 0 Å². The third kappa shape index (κ3) is 3.30. The Hall–Kier alpha value is -2.13. The average molecular weight is 492 g/mol. The van der Waals surface area contributed by atoms with Gasteiger partial charge in [-0.15, -0.1) is 0 Å². The fourth-order valence-corrected chi connectivity index (χ4v) is 4.16. The van der Waals surface area contributed by atoms with Gasteiger partial charge in [0.05, 0.1) is 6.04 Å². The monoisotopic (exact) mass is 490 g/mol. The number of rotatable bonds is 3. The fraction of sp³-hybridized carbons (Fsp3) is 0.263. The SMILES string of the molecule is O=C1NC(c2cc(F)ccc2Cl)c2c(NC(=O)C3(C(F)(F)F)CC3)cc(Br)cc21. The highest BCUT2D eigenvalue weighted by molar-refractivity contribution is 9.10. The topological polar surface area (TPSA) is 58.2 Å². The summed E-state index contributed by atoms with van der Waals surface area (Å²) in [6.07, 6.45) is -5.27. The number of carbonyl (C=O) groups excluding carboxylic acids is 2. The Morgan fingerprint density at radius 3 is 2.55 bits per heavy atom. The van der Waals surface area contributed by atoms with Gasteiger partial charge in [-0.3, -0.25) is 9.59 Å². The predicted molar refractivity (Wildman–Crippen MR) is 101 cm³/mol. The second-order valence-corrected chi connectivity index (χ2v) is 8.34. The number of hydrogen-bond acceptors (Lipinski definition) is 2. The van der Waals surface area contributed by atoms with Gasteiger partial charge in [0, 0.05) is 31.9 Å². The summed E-state index contributed by atoms with van der Waals surface area (Å²) in [6, 6.07) is 5.55. The molecule has 0 saturated heterocycles. The minimum atomic E-state index is -4.67. The molecule has 1 atom stereocenters. The maximum Gasteiger partial charge on any atom is 0.403 e. The summed E-state index contributed by atoms with van der Waals surface area (Å²) < 4.78 is 54.1. The maximum absolute atomic E-state index is 13.8. The minimum Gasteiger partial charge on any atom is -0.341 e. The molecule has 4 nitrogen and oxygen atoms in total. The lowest BCUT2D eigenvalue weighted by Crippen LogP contribution is -2.37. The van der Waals surface area contributed by atoms with E-state index in [1.54, 1.807) is 0 Å². The maximum atomic E-state index is 13.8. The van der Waals surface area contributed by atoms with Crippen molar-refractivity contribution in [3.63, 3.8) is 0 Å². The van der Waals surface area contributed by atoms with E-state index in [2.05, 4.69) is 26.6 Å². The lowest BCUT2D eigenvalue weighted by Gasteiger charge is -2.22. The summed E-state index contributed by atoms with van der Waals surface area (Å²) >= 11 is 9.36. The Morgan fingerprint density at radius 2 is 1.93 bits per heavy atom. The summed E-state index contributed by atoms with van der Waals surface area (Å²) in [4.78, 5) is 24.9. The number of amides is 2. The van der Waals surface area contributed by atoms with Crippen molar-refractivity contribution in [1.82, 2.24) is 5.32 Å². The number of alkyl halides is 3. The molecule has 1 heterocycles. The van der Waals surface area contributed by atoms with Crippen molar-refractivity contribution in [3.8, 4) is 0 Å². The molecule has 29 heavy (non-hydrogen) atoms. The van der Waals surface area contributed by atoms with E-state index in [1.165, 1.54) is 18.2 Å². The Kier molecular flexibility index (Phi) is 4.66. The summed E-state index contributed by atoms with van der Waals surface area (Å²) in [7, 11) is 0. The van der Waals surface area contributed by atoms with Crippen LogP contribution in [0.5, 0.6) is 0 Å². The zero-order valence-corrected chi connectivity index (χ0v) is 16.8. The molecule has 0 aromatic heterocycles. The first-order chi connectivity index (χ1) is 13.5. The van der Waals surface area contributed by atoms with Gasteiger partial charge in [0.15, 0.2) is 0 Å². The van der Waals surface area contributed by atoms with E-state index in [0.717, 1.165) is 12.1 Å². The first-order valence-electron chi connectivity index (χ1n) is 8.51. The Morgan fingerprint density at radius 1 is 1.24 bits per heavy atom. The molecule has 2 aliphatic rings. The zero-order valence-electron chi connectivity index (χ0n) is 14.5. The molecule has 0 spiro atoms. The molecule has 152 valence electrons. The number of anilines is 1. The standard InChI is InChI=1S/C19H12BrClF4N2O2/c20-8-5-11-14(13(6-8)26-17(29)18(3-4-18)19(23,24)25)15(27-16(11)28)10-7-9(22)1-2-12(10)21/h1-2,5-7,15H,3-4H2,(H,26,29)(H,27,28). The van der Waals surface area contributed by atoms with E-state index < -0.39 is 35.3 Å². The van der Waals surface area contributed by atoms with Crippen molar-refractivity contribution in [2.45, 2.75) is 25.1 Å². The van der Waals surface area contributed by atoms with Gasteiger partial charge in [-0.1, -0.05) is 27.5 Å². The molecular formula is C19H12BrClF4N2O2. The molecule has 2 aromatic rings. The summed E-state index contributed by atoms with van der Waals surface area (Å²) in [6.45, 7) is 0. The van der Waals surface area contributed by atoms with Gasteiger partial charge in [-0.05, 0) is 43.2 Å². The van der Waals surface area contributed by atoms with Gasteiger partial charge >= 0.3 is 6.18 Å². The van der Waals surface area contributed by atoms with Crippen LogP contribution < -0.4 is 10.6 Å². The van der Waals surface area contributed by atoms with Crippen molar-refractivity contribution in [2.24, 2.45) is 5.41 Å². The van der Waals surface area contributed by atoms with E-state index in [-0.39, 0.29) is 40.2 Å². The number of halogens is 6. The highest BCUT2D eigenvalue weighted by Crippen LogP contribution is 2.58. The van der Waals surface area contributed by atoms with Crippen molar-refractivity contribution in [1.29, 1.82) is 0 Å². The highest BCUT2D eigenvalue weighted by atomic mass is 79.9. The van der Waals surface area contributed by atoms with E-state index in [4.69, 9.17) is 11.6 Å². The largest absolute Gasteiger partial charge is 0.403 e. The molecular weight excluding hydrogens is 480 g/mol. The molecule has 1 fully saturated rings. The van der Waals surface area contributed by atoms with Crippen LogP contribution in [0.1, 0.15) is 40.4 Å². The molecule has 2 N–H and O–H groups in total. The summed E-state index contributed by atoms with van der Waals surface area (Å²) in [5, 5.41) is 5.14. The summed E-state index contributed by atoms with van der Waals surface area (Å²) in [5.74, 6) is -2.29. The molecule has 2 aromatic carbocycles. The van der Waals surface area contributed by atoms with E-state index in [1.807, 2.05) is 0 Å². The lowest BCUT2D eigenvalue weighted by molar-refractivity contribution is -0.189. The third-order valence-corrected chi connectivity index (χ3v) is 6.00. The Balaban J connectivity index is 1.80. The van der Waals surface area contributed by atoms with Gasteiger partial charge in [-0.2, -0.15) is 13.2 Å². The lowest BCUT2D eigenvalue weighted by atomic mass is 9.95. The van der Waals surface area contributed by atoms with Crippen molar-refractivity contribution in [2.75, 3.05) is 5.32 Å². The van der Waals surface area contributed by atoms with Crippen LogP contribution in [0.3, 0.4) is 0 Å². The van der Waals surface area contributed by atoms with Gasteiger partial charge in [-0.25, -0.2) is 4.39 Å². The Labute approximate surface area is 175 Å². The molecule has 0 bridgehead atoms. The third-order valence-electron chi connectivity index (χ3n) is 5.20. The summed E-state index contributed by atoms with van der Waals surface area (Å²) in [5.41, 5.74) is -1.79. The van der Waals surface area contributed by atoms with Crippen LogP contribution in [0.15, 0.2) is 34.8 Å². The average Bonchev–Trinajstić information content (AvgIpc) is 3.38. The fourth-order valence-electron chi connectivity index (χ4n) is 3.48. The van der Waals surface area contributed by atoms with Gasteiger partial charge in [0.2, 0.25) is 5.91 Å². The molecule has 1 saturated carbocycles. The molecule has 1 unspecified atom stereocenters. The first-order valence-corrected chi connectivity index (χ1v) is 9.68. The highest BCUT2D eigenvalue weighted by Gasteiger charge is 2.68. The molecule has 1 aliphatic carbocycles. The molecule has 2 amide bonds. The van der Waals surface area contributed by atoms with Gasteiger partial charge in [0.1, 0.15) is 11.2 Å². The van der Waals surface area contributed by atoms with Crippen LogP contribution in [0.4, 0.5) is 23.2 Å². The number of fused-ring (bicyclic) bond motifs is 1. The van der Waals surface area contributed by atoms with E-state index in [9.17, 15) is 27.2 Å². The minimum absolute atomic E-state index is 0.0265. The van der Waals surface area contributed by atoms with Crippen LogP contribution in [0.2, 0.25) is 5.02 Å². The first kappa shape index (κ1) is 20.2. The van der Waals surface area contributed by atoms with Crippen molar-refractivity contribution in [3.05, 3.63) is 62.3 Å². The smallest absolute Gasteiger partial charge is 0.341 e. The number of hydrogen-bond donors (Lipinski definition) is 2. The number of nitrogens with one attached hydrogen (secondary N) is 2. The van der Waals surface area contributed by atoms with Crippen LogP contribution in [-0.2, 0) is 4.79 Å². The van der Waals surface area contributed by atoms with E-state index >= 15 is 0 Å². The van der Waals surface area contributed by atoms with Crippen LogP contribution in [0, 0.1) is 11.2 Å². The van der Waals surface area contributed by atoms with E-state index in [0.29, 0.717) is 4.47 Å². The number of benzene rings is 2. The molecule has 0 radical (unpaired) electrons. The van der Waals surface area contributed by atoms with Gasteiger partial charge in [0.25, 0.3) is 5.91 Å². The molecule has 10 heteroatoms. The molecule has 1 aliphatic heterocycles. The normalized spacial score (nSPS) is 19.5. The Bertz CT molecular complexity index is 1050. The second-order valence-electron chi connectivity index (χ2n) is 7.02. The zero-order chi connectivity index (χ0) is 21.1. The quantitative estimate of drug-likeness (QED) is 0.568. The van der Waals surface area contributed by atoms with Crippen molar-refractivity contribution < 1.29 is 27.2 Å². The number of carbonyl (C=O) groups is 2. The van der Waals surface area contributed by atoms with Gasteiger partial charge < -0.3 is 10.6 Å². The second kappa shape index (κ2) is 6.70. The molecule has 4 rings (SSSR count). The van der Waals surface area contributed by atoms with Crippen LogP contribution >= 0.6 is 27.5 Å². The van der Waals surface area contributed by atoms with Crippen molar-refractivity contribution >= 4 is 45.0 Å².